The number of phosphoric ester groups is 1. The van der Waals surface area contributed by atoms with Crippen molar-refractivity contribution in [2.75, 3.05) is 6.61 Å². The minimum atomic E-state index is -4.61. The number of rotatable bonds is 6. The van der Waals surface area contributed by atoms with Crippen molar-refractivity contribution < 1.29 is 58.1 Å². The molecule has 0 aliphatic rings. The van der Waals surface area contributed by atoms with Crippen LogP contribution in [0.3, 0.4) is 0 Å². The fourth-order valence-corrected chi connectivity index (χ4v) is 1.96. The van der Waals surface area contributed by atoms with Gasteiger partial charge in [0.25, 0.3) is 5.69 Å². The average Bonchev–Trinajstić information content (AvgIpc) is 2.28. The maximum absolute atomic E-state index is 11.3. The molecule has 0 aromatic heterocycles. The van der Waals surface area contributed by atoms with Gasteiger partial charge in [-0.25, -0.2) is 0 Å². The van der Waals surface area contributed by atoms with Crippen LogP contribution in [0.1, 0.15) is 6.92 Å². The zero-order chi connectivity index (χ0) is 13.8. The summed E-state index contributed by atoms with van der Waals surface area (Å²) in [6.45, 7) is 0.875. The summed E-state index contributed by atoms with van der Waals surface area (Å²) in [4.78, 5) is 21.1. The fourth-order valence-electron chi connectivity index (χ4n) is 1.03. The molecule has 1 unspecified atom stereocenters. The summed E-state index contributed by atoms with van der Waals surface area (Å²) >= 11 is 0. The molecule has 100 valence electrons. The van der Waals surface area contributed by atoms with E-state index in [-0.39, 0.29) is 41.0 Å². The smallest absolute Gasteiger partial charge is 0.746 e. The van der Waals surface area contributed by atoms with Crippen molar-refractivity contribution >= 4 is 13.5 Å². The first-order valence-corrected chi connectivity index (χ1v) is 6.34. The number of benzene rings is 1. The van der Waals surface area contributed by atoms with Gasteiger partial charge in [0.1, 0.15) is 5.75 Å². The number of non-ortho nitro benzene ring substituents is 1. The third kappa shape index (κ3) is 6.49. The molecule has 10 heteroatoms. The maximum atomic E-state index is 11.3. The van der Waals surface area contributed by atoms with E-state index in [0.717, 1.165) is 24.3 Å². The van der Waals surface area contributed by atoms with Crippen LogP contribution in [0.25, 0.3) is 0 Å². The summed E-state index contributed by atoms with van der Waals surface area (Å²) in [5, 5.41) is 19.0. The Morgan fingerprint density at radius 1 is 1.42 bits per heavy atom. The third-order valence-corrected chi connectivity index (χ3v) is 2.88. The van der Waals surface area contributed by atoms with Gasteiger partial charge in [-0.15, -0.1) is 0 Å². The number of aliphatic hydroxyl groups is 1. The standard InChI is InChI=1S/C9H12NO7P.Na/c1-7(6-11)16-18(14,15)17-9-4-2-8(3-5-9)10(12)13;/h2-5,7,11H,6H2,1H3,(H,14,15);/q;+1/p-1/t7-;/m0./s1. The first-order chi connectivity index (χ1) is 8.34. The molecule has 1 N–H and O–H groups in total. The monoisotopic (exact) mass is 299 g/mol. The maximum Gasteiger partial charge on any atom is 1.00 e. The Hall–Kier alpha value is -0.470. The molecule has 1 aromatic rings. The molecule has 0 aliphatic heterocycles. The minimum absolute atomic E-state index is 0. The predicted molar refractivity (Wildman–Crippen MR) is 59.0 cm³/mol. The van der Waals surface area contributed by atoms with Crippen LogP contribution in [0, 0.1) is 10.1 Å². The van der Waals surface area contributed by atoms with Crippen LogP contribution in [-0.2, 0) is 9.09 Å². The zero-order valence-electron chi connectivity index (χ0n) is 10.4. The Kier molecular flexibility index (Phi) is 7.76. The number of aliphatic hydroxyl groups excluding tert-OH is 1. The molecule has 1 rings (SSSR count). The number of nitro benzene ring substituents is 1. The van der Waals surface area contributed by atoms with Crippen LogP contribution < -0.4 is 39.0 Å². The molecular weight excluding hydrogens is 288 g/mol. The van der Waals surface area contributed by atoms with Gasteiger partial charge in [-0.05, 0) is 19.1 Å². The molecule has 0 saturated heterocycles. The van der Waals surface area contributed by atoms with E-state index in [2.05, 4.69) is 9.05 Å². The summed E-state index contributed by atoms with van der Waals surface area (Å²) in [5.41, 5.74) is -0.187. The second kappa shape index (κ2) is 7.96. The SMILES string of the molecule is C[C@@H](CO)OP(=O)([O-])Oc1ccc([N+](=O)[O-])cc1.[Na+]. The minimum Gasteiger partial charge on any atom is -0.746 e. The first-order valence-electron chi connectivity index (χ1n) is 4.88. The topological polar surface area (TPSA) is 122 Å². The number of hydrogen-bond acceptors (Lipinski definition) is 7. The average molecular weight is 299 g/mol. The number of nitro groups is 1. The van der Waals surface area contributed by atoms with Gasteiger partial charge in [0.05, 0.1) is 17.6 Å². The van der Waals surface area contributed by atoms with Gasteiger partial charge in [0.2, 0.25) is 0 Å². The molecule has 0 amide bonds. The van der Waals surface area contributed by atoms with Crippen LogP contribution in [0.2, 0.25) is 0 Å². The van der Waals surface area contributed by atoms with E-state index in [4.69, 9.17) is 5.11 Å². The largest absolute Gasteiger partial charge is 1.00 e. The summed E-state index contributed by atoms with van der Waals surface area (Å²) < 4.78 is 20.3. The van der Waals surface area contributed by atoms with E-state index in [0.29, 0.717) is 0 Å². The Bertz CT molecular complexity index is 466. The van der Waals surface area contributed by atoms with Crippen molar-refractivity contribution in [2.24, 2.45) is 0 Å². The normalized spacial score (nSPS) is 14.9. The van der Waals surface area contributed by atoms with E-state index < -0.39 is 25.5 Å². The number of nitrogens with zero attached hydrogens (tertiary/aromatic N) is 1. The summed E-state index contributed by atoms with van der Waals surface area (Å²) in [6, 6.07) is 4.47. The van der Waals surface area contributed by atoms with Crippen molar-refractivity contribution in [3.63, 3.8) is 0 Å². The third-order valence-electron chi connectivity index (χ3n) is 1.83. The second-order valence-corrected chi connectivity index (χ2v) is 4.68. The molecule has 0 spiro atoms. The van der Waals surface area contributed by atoms with Crippen molar-refractivity contribution in [1.29, 1.82) is 0 Å². The Morgan fingerprint density at radius 2 is 1.95 bits per heavy atom. The van der Waals surface area contributed by atoms with Gasteiger partial charge in [-0.2, -0.15) is 0 Å². The Morgan fingerprint density at radius 3 is 2.37 bits per heavy atom. The summed E-state index contributed by atoms with van der Waals surface area (Å²) in [7, 11) is -4.61. The van der Waals surface area contributed by atoms with Gasteiger partial charge in [0.15, 0.2) is 0 Å². The number of hydrogen-bond donors (Lipinski definition) is 1. The molecule has 0 heterocycles. The molecule has 0 radical (unpaired) electrons. The molecule has 2 atom stereocenters. The summed E-state index contributed by atoms with van der Waals surface area (Å²) in [6.07, 6.45) is -0.925. The van der Waals surface area contributed by atoms with Crippen molar-refractivity contribution in [3.05, 3.63) is 34.4 Å². The molecule has 0 saturated carbocycles. The number of phosphoric acid groups is 1. The van der Waals surface area contributed by atoms with Gasteiger partial charge in [0, 0.05) is 12.1 Å². The Balaban J connectivity index is 0.00000324. The Labute approximate surface area is 131 Å². The zero-order valence-corrected chi connectivity index (χ0v) is 13.3. The van der Waals surface area contributed by atoms with Crippen LogP contribution in [0.15, 0.2) is 24.3 Å². The fraction of sp³-hybridized carbons (Fsp3) is 0.333. The quantitative estimate of drug-likeness (QED) is 0.275. The molecule has 0 aliphatic carbocycles. The molecular formula is C9H11NNaO7P. The van der Waals surface area contributed by atoms with Crippen molar-refractivity contribution in [3.8, 4) is 5.75 Å². The molecule has 1 aromatic carbocycles. The second-order valence-electron chi connectivity index (χ2n) is 3.39. The van der Waals surface area contributed by atoms with Gasteiger partial charge in [-0.1, -0.05) is 0 Å². The van der Waals surface area contributed by atoms with E-state index in [1.807, 2.05) is 0 Å². The van der Waals surface area contributed by atoms with Crippen LogP contribution in [0.5, 0.6) is 5.75 Å². The molecule has 19 heavy (non-hydrogen) atoms. The van der Waals surface area contributed by atoms with Crippen LogP contribution in [-0.4, -0.2) is 22.7 Å². The first kappa shape index (κ1) is 18.5. The van der Waals surface area contributed by atoms with Crippen LogP contribution >= 0.6 is 7.82 Å². The molecule has 0 fully saturated rings. The van der Waals surface area contributed by atoms with E-state index in [9.17, 15) is 19.6 Å². The van der Waals surface area contributed by atoms with Crippen LogP contribution in [0.4, 0.5) is 5.69 Å². The molecule has 8 nitrogen and oxygen atoms in total. The van der Waals surface area contributed by atoms with Crippen molar-refractivity contribution in [2.45, 2.75) is 13.0 Å². The van der Waals surface area contributed by atoms with Gasteiger partial charge < -0.3 is 19.0 Å². The molecule has 0 bridgehead atoms. The van der Waals surface area contributed by atoms with Crippen molar-refractivity contribution in [1.82, 2.24) is 0 Å². The van der Waals surface area contributed by atoms with E-state index >= 15 is 0 Å². The van der Waals surface area contributed by atoms with E-state index in [1.54, 1.807) is 0 Å². The predicted octanol–water partition coefficient (Wildman–Crippen LogP) is -2.16. The summed E-state index contributed by atoms with van der Waals surface area (Å²) in [5.74, 6) is -0.107. The van der Waals surface area contributed by atoms with Gasteiger partial charge in [-0.3, -0.25) is 14.7 Å². The van der Waals surface area contributed by atoms with Gasteiger partial charge >= 0.3 is 37.4 Å². The van der Waals surface area contributed by atoms with E-state index in [1.165, 1.54) is 6.92 Å².